The van der Waals surface area contributed by atoms with Crippen molar-refractivity contribution < 1.29 is 14.3 Å². The van der Waals surface area contributed by atoms with E-state index < -0.39 is 0 Å². The Kier molecular flexibility index (Phi) is 6.01. The number of nitrogens with zero attached hydrogens (tertiary/aromatic N) is 4. The van der Waals surface area contributed by atoms with E-state index in [9.17, 15) is 4.79 Å². The van der Waals surface area contributed by atoms with Crippen LogP contribution in [0.3, 0.4) is 0 Å². The normalized spacial score (nSPS) is 14.8. The molecule has 2 aromatic carbocycles. The lowest BCUT2D eigenvalue weighted by molar-refractivity contribution is -0.113. The molecule has 10 heteroatoms. The van der Waals surface area contributed by atoms with Crippen LogP contribution >= 0.6 is 23.1 Å². The molecule has 3 heterocycles. The van der Waals surface area contributed by atoms with E-state index in [0.29, 0.717) is 28.5 Å². The van der Waals surface area contributed by atoms with Crippen LogP contribution in [-0.2, 0) is 11.8 Å². The second-order valence-electron chi connectivity index (χ2n) is 7.50. The maximum Gasteiger partial charge on any atom is 0.236 e. The van der Waals surface area contributed by atoms with Crippen LogP contribution in [0.4, 0.5) is 5.13 Å². The van der Waals surface area contributed by atoms with Crippen molar-refractivity contribution in [1.29, 1.82) is 0 Å². The largest absolute Gasteiger partial charge is 0.485 e. The van der Waals surface area contributed by atoms with Gasteiger partial charge >= 0.3 is 0 Å². The zero-order valence-electron chi connectivity index (χ0n) is 18.0. The number of hydrogen-bond donors (Lipinski definition) is 1. The van der Waals surface area contributed by atoms with Gasteiger partial charge in [-0.3, -0.25) is 4.79 Å². The molecule has 1 amide bonds. The van der Waals surface area contributed by atoms with Gasteiger partial charge in [-0.05, 0) is 19.1 Å². The molecule has 33 heavy (non-hydrogen) atoms. The van der Waals surface area contributed by atoms with Crippen molar-refractivity contribution in [3.8, 4) is 22.8 Å². The van der Waals surface area contributed by atoms with Gasteiger partial charge in [-0.1, -0.05) is 53.7 Å². The number of ether oxygens (including phenoxy) is 2. The first-order valence-electron chi connectivity index (χ1n) is 10.3. The number of aryl methyl sites for hydroxylation is 1. The lowest BCUT2D eigenvalue weighted by atomic mass is 10.1. The molecule has 1 N–H and O–H groups in total. The molecule has 0 bridgehead atoms. The van der Waals surface area contributed by atoms with E-state index in [2.05, 4.69) is 20.5 Å². The van der Waals surface area contributed by atoms with Crippen LogP contribution in [0.5, 0.6) is 11.5 Å². The van der Waals surface area contributed by atoms with Crippen LogP contribution in [0.15, 0.2) is 59.1 Å². The predicted molar refractivity (Wildman–Crippen MR) is 128 cm³/mol. The lowest BCUT2D eigenvalue weighted by Gasteiger charge is -2.25. The molecule has 0 unspecified atom stereocenters. The van der Waals surface area contributed by atoms with Gasteiger partial charge in [-0.25, -0.2) is 4.98 Å². The number of carbonyl (C=O) groups is 1. The molecule has 168 valence electrons. The van der Waals surface area contributed by atoms with Crippen LogP contribution in [0, 0.1) is 6.92 Å². The molecule has 1 atom stereocenters. The van der Waals surface area contributed by atoms with Gasteiger partial charge in [0.15, 0.2) is 33.7 Å². The Hall–Kier alpha value is -3.37. The summed E-state index contributed by atoms with van der Waals surface area (Å²) in [5.74, 6) is 2.08. The number of amides is 1. The fourth-order valence-corrected chi connectivity index (χ4v) is 4.81. The van der Waals surface area contributed by atoms with Gasteiger partial charge in [0, 0.05) is 18.0 Å². The molecular formula is C23H21N5O3S2. The van der Waals surface area contributed by atoms with E-state index in [0.717, 1.165) is 17.0 Å². The average Bonchev–Trinajstić information content (AvgIpc) is 3.44. The van der Waals surface area contributed by atoms with Crippen LogP contribution in [0.25, 0.3) is 11.3 Å². The average molecular weight is 480 g/mol. The number of para-hydroxylation sites is 2. The summed E-state index contributed by atoms with van der Waals surface area (Å²) in [6.07, 6.45) is -0.365. The van der Waals surface area contributed by atoms with Gasteiger partial charge in [0.2, 0.25) is 5.91 Å². The summed E-state index contributed by atoms with van der Waals surface area (Å²) in [7, 11) is 1.86. The van der Waals surface area contributed by atoms with Gasteiger partial charge in [0.25, 0.3) is 0 Å². The molecule has 0 saturated carbocycles. The summed E-state index contributed by atoms with van der Waals surface area (Å²) < 4.78 is 13.6. The van der Waals surface area contributed by atoms with Crippen molar-refractivity contribution in [3.05, 3.63) is 65.3 Å². The van der Waals surface area contributed by atoms with Crippen LogP contribution in [0.1, 0.15) is 17.5 Å². The van der Waals surface area contributed by atoms with Gasteiger partial charge in [-0.2, -0.15) is 0 Å². The molecule has 4 aromatic rings. The zero-order chi connectivity index (χ0) is 22.8. The van der Waals surface area contributed by atoms with Crippen molar-refractivity contribution in [2.45, 2.75) is 18.2 Å². The molecule has 1 aliphatic heterocycles. The fourth-order valence-electron chi connectivity index (χ4n) is 3.35. The molecule has 0 spiro atoms. The Morgan fingerprint density at radius 3 is 2.79 bits per heavy atom. The Labute approximate surface area is 199 Å². The minimum atomic E-state index is -0.365. The quantitative estimate of drug-likeness (QED) is 0.408. The molecule has 0 saturated heterocycles. The number of nitrogens with one attached hydrogen (secondary N) is 1. The van der Waals surface area contributed by atoms with Crippen LogP contribution < -0.4 is 14.8 Å². The summed E-state index contributed by atoms with van der Waals surface area (Å²) in [5, 5.41) is 14.5. The van der Waals surface area contributed by atoms with E-state index in [1.165, 1.54) is 28.7 Å². The molecule has 5 rings (SSSR count). The SMILES string of the molecule is Cc1ccc(-c2csc(NC(=O)CSc3nnc([C@@H]4COc5ccccc5O4)n3C)n2)cc1. The first kappa shape index (κ1) is 21.5. The highest BCUT2D eigenvalue weighted by atomic mass is 32.2. The highest BCUT2D eigenvalue weighted by Gasteiger charge is 2.27. The van der Waals surface area contributed by atoms with Gasteiger partial charge in [0.1, 0.15) is 6.61 Å². The van der Waals surface area contributed by atoms with Gasteiger partial charge < -0.3 is 19.4 Å². The van der Waals surface area contributed by atoms with Crippen LogP contribution in [-0.4, -0.2) is 38.0 Å². The van der Waals surface area contributed by atoms with Crippen molar-refractivity contribution in [2.75, 3.05) is 17.7 Å². The molecular weight excluding hydrogens is 458 g/mol. The highest BCUT2D eigenvalue weighted by Crippen LogP contribution is 2.35. The number of fused-ring (bicyclic) bond motifs is 1. The Bertz CT molecular complexity index is 1290. The number of rotatable bonds is 6. The third-order valence-corrected chi connectivity index (χ3v) is 6.87. The number of hydrogen-bond acceptors (Lipinski definition) is 8. The summed E-state index contributed by atoms with van der Waals surface area (Å²) >= 11 is 2.71. The van der Waals surface area contributed by atoms with Crippen molar-refractivity contribution in [1.82, 2.24) is 19.7 Å². The van der Waals surface area contributed by atoms with Crippen molar-refractivity contribution in [2.24, 2.45) is 7.05 Å². The maximum atomic E-state index is 12.5. The molecule has 0 radical (unpaired) electrons. The first-order valence-corrected chi connectivity index (χ1v) is 12.2. The van der Waals surface area contributed by atoms with Crippen molar-refractivity contribution >= 4 is 34.1 Å². The van der Waals surface area contributed by atoms with E-state index in [4.69, 9.17) is 9.47 Å². The monoisotopic (exact) mass is 479 g/mol. The summed E-state index contributed by atoms with van der Waals surface area (Å²) in [5.41, 5.74) is 3.06. The molecule has 8 nitrogen and oxygen atoms in total. The zero-order valence-corrected chi connectivity index (χ0v) is 19.7. The second kappa shape index (κ2) is 9.24. The number of anilines is 1. The summed E-state index contributed by atoms with van der Waals surface area (Å²) in [6.45, 7) is 2.39. The van der Waals surface area contributed by atoms with Crippen LogP contribution in [0.2, 0.25) is 0 Å². The number of thiazole rings is 1. The van der Waals surface area contributed by atoms with Crippen molar-refractivity contribution in [3.63, 3.8) is 0 Å². The Balaban J connectivity index is 1.18. The minimum absolute atomic E-state index is 0.152. The standard InChI is InChI=1S/C23H21N5O3S2/c1-14-7-9-15(10-8-14)16-12-32-22(24-16)25-20(29)13-33-23-27-26-21(28(23)2)19-11-30-17-5-3-4-6-18(17)31-19/h3-10,12,19H,11,13H2,1-2H3,(H,24,25,29)/t19-/m0/s1. The molecule has 1 aliphatic rings. The van der Waals surface area contributed by atoms with E-state index in [-0.39, 0.29) is 17.8 Å². The summed E-state index contributed by atoms with van der Waals surface area (Å²) in [6, 6.07) is 15.7. The van der Waals surface area contributed by atoms with E-state index in [1.54, 1.807) is 0 Å². The number of aromatic nitrogens is 4. The molecule has 0 fully saturated rings. The molecule has 0 aliphatic carbocycles. The maximum absolute atomic E-state index is 12.5. The van der Waals surface area contributed by atoms with Gasteiger partial charge in [-0.15, -0.1) is 21.5 Å². The van der Waals surface area contributed by atoms with Gasteiger partial charge in [0.05, 0.1) is 11.4 Å². The highest BCUT2D eigenvalue weighted by molar-refractivity contribution is 7.99. The summed E-state index contributed by atoms with van der Waals surface area (Å²) in [4.78, 5) is 17.0. The lowest BCUT2D eigenvalue weighted by Crippen LogP contribution is -2.24. The Morgan fingerprint density at radius 1 is 1.18 bits per heavy atom. The Morgan fingerprint density at radius 2 is 1.97 bits per heavy atom. The third kappa shape index (κ3) is 4.71. The fraction of sp³-hybridized carbons (Fsp3) is 0.217. The second-order valence-corrected chi connectivity index (χ2v) is 9.31. The number of thioether (sulfide) groups is 1. The predicted octanol–water partition coefficient (Wildman–Crippen LogP) is 4.49. The third-order valence-electron chi connectivity index (χ3n) is 5.10. The number of benzene rings is 2. The smallest absolute Gasteiger partial charge is 0.236 e. The number of carbonyl (C=O) groups excluding carboxylic acids is 1. The molecule has 2 aromatic heterocycles. The first-order chi connectivity index (χ1) is 16.1. The van der Waals surface area contributed by atoms with E-state index in [1.807, 2.05) is 72.4 Å². The topological polar surface area (TPSA) is 91.2 Å². The minimum Gasteiger partial charge on any atom is -0.485 e. The van der Waals surface area contributed by atoms with E-state index >= 15 is 0 Å².